The molecule has 0 atom stereocenters. The second kappa shape index (κ2) is 4.71. The van der Waals surface area contributed by atoms with E-state index in [1.807, 2.05) is 5.38 Å². The summed E-state index contributed by atoms with van der Waals surface area (Å²) >= 11 is 1.34. The summed E-state index contributed by atoms with van der Waals surface area (Å²) in [5, 5.41) is 10.2. The minimum absolute atomic E-state index is 0.0484. The summed E-state index contributed by atoms with van der Waals surface area (Å²) in [6.07, 6.45) is 1.57. The van der Waals surface area contributed by atoms with Gasteiger partial charge in [-0.15, -0.1) is 11.3 Å². The molecule has 0 aliphatic carbocycles. The number of hydrogen-bond acceptors (Lipinski definition) is 3. The maximum atomic E-state index is 11.1. The van der Waals surface area contributed by atoms with E-state index in [0.29, 0.717) is 4.80 Å². The quantitative estimate of drug-likeness (QED) is 0.790. The molecule has 1 amide bonds. The Labute approximate surface area is 84.3 Å². The zero-order valence-corrected chi connectivity index (χ0v) is 8.45. The fourth-order valence-corrected chi connectivity index (χ4v) is 1.56. The monoisotopic (exact) mass is 214 g/mol. The maximum Gasteiger partial charge on any atom is 0.303 e. The molecule has 1 aromatic heterocycles. The summed E-state index contributed by atoms with van der Waals surface area (Å²) < 4.78 is 1.71. The first-order chi connectivity index (χ1) is 6.59. The number of carbonyl (C=O) groups excluding carboxylic acids is 1. The van der Waals surface area contributed by atoms with E-state index < -0.39 is 11.9 Å². The van der Waals surface area contributed by atoms with Crippen LogP contribution in [0.4, 0.5) is 0 Å². The topological polar surface area (TPSA) is 71.7 Å². The Morgan fingerprint density at radius 3 is 2.79 bits per heavy atom. The van der Waals surface area contributed by atoms with Crippen molar-refractivity contribution in [3.05, 3.63) is 16.4 Å². The van der Waals surface area contributed by atoms with Gasteiger partial charge in [0.1, 0.15) is 0 Å². The molecular formula is C8H10N2O3S. The van der Waals surface area contributed by atoms with Gasteiger partial charge >= 0.3 is 5.97 Å². The highest BCUT2D eigenvalue weighted by Crippen LogP contribution is 1.93. The average molecular weight is 214 g/mol. The Morgan fingerprint density at radius 1 is 1.57 bits per heavy atom. The van der Waals surface area contributed by atoms with Gasteiger partial charge < -0.3 is 9.67 Å². The summed E-state index contributed by atoms with van der Waals surface area (Å²) in [7, 11) is 1.78. The van der Waals surface area contributed by atoms with Gasteiger partial charge in [-0.1, -0.05) is 0 Å². The number of amides is 1. The molecule has 1 heterocycles. The first-order valence-corrected chi connectivity index (χ1v) is 4.87. The van der Waals surface area contributed by atoms with Gasteiger partial charge in [0.15, 0.2) is 4.80 Å². The summed E-state index contributed by atoms with van der Waals surface area (Å²) in [6, 6.07) is 0. The normalized spacial score (nSPS) is 11.6. The Balaban J connectivity index is 2.65. The van der Waals surface area contributed by atoms with Gasteiger partial charge in [0.2, 0.25) is 5.91 Å². The summed E-state index contributed by atoms with van der Waals surface area (Å²) in [5.41, 5.74) is 0. The number of thiazole rings is 1. The van der Waals surface area contributed by atoms with Gasteiger partial charge in [0.25, 0.3) is 0 Å². The third kappa shape index (κ3) is 3.14. The Morgan fingerprint density at radius 2 is 2.29 bits per heavy atom. The van der Waals surface area contributed by atoms with E-state index in [2.05, 4.69) is 4.99 Å². The van der Waals surface area contributed by atoms with Crippen LogP contribution in [0.2, 0.25) is 0 Å². The molecule has 0 bridgehead atoms. The zero-order valence-electron chi connectivity index (χ0n) is 7.64. The average Bonchev–Trinajstić information content (AvgIpc) is 2.49. The third-order valence-corrected chi connectivity index (χ3v) is 2.38. The van der Waals surface area contributed by atoms with Crippen LogP contribution in [0.3, 0.4) is 0 Å². The third-order valence-electron chi connectivity index (χ3n) is 1.53. The molecule has 5 nitrogen and oxygen atoms in total. The molecule has 0 fully saturated rings. The van der Waals surface area contributed by atoms with Crippen LogP contribution >= 0.6 is 11.3 Å². The standard InChI is InChI=1S/C8H10N2O3S/c1-10-4-5-14-8(10)9-6(11)2-3-7(12)13/h4-5H,2-3H2,1H3,(H,12,13). The number of rotatable bonds is 3. The Bertz CT molecular complexity index is 405. The highest BCUT2D eigenvalue weighted by atomic mass is 32.1. The van der Waals surface area contributed by atoms with E-state index in [9.17, 15) is 9.59 Å². The van der Waals surface area contributed by atoms with Crippen molar-refractivity contribution in [1.29, 1.82) is 0 Å². The fraction of sp³-hybridized carbons (Fsp3) is 0.375. The largest absolute Gasteiger partial charge is 0.481 e. The molecule has 76 valence electrons. The molecule has 1 aromatic rings. The van der Waals surface area contributed by atoms with E-state index in [1.165, 1.54) is 11.3 Å². The van der Waals surface area contributed by atoms with Crippen LogP contribution < -0.4 is 4.80 Å². The van der Waals surface area contributed by atoms with Gasteiger partial charge in [-0.3, -0.25) is 9.59 Å². The zero-order chi connectivity index (χ0) is 10.6. The van der Waals surface area contributed by atoms with Crippen molar-refractivity contribution in [3.8, 4) is 0 Å². The van der Waals surface area contributed by atoms with E-state index in [1.54, 1.807) is 17.8 Å². The molecule has 14 heavy (non-hydrogen) atoms. The number of hydrogen-bond donors (Lipinski definition) is 1. The molecule has 1 rings (SSSR count). The molecule has 0 spiro atoms. The predicted octanol–water partition coefficient (Wildman–Crippen LogP) is 0.379. The van der Waals surface area contributed by atoms with Gasteiger partial charge in [-0.2, -0.15) is 4.99 Å². The van der Waals surface area contributed by atoms with Crippen molar-refractivity contribution in [2.24, 2.45) is 12.0 Å². The van der Waals surface area contributed by atoms with Crippen molar-refractivity contribution in [3.63, 3.8) is 0 Å². The first kappa shape index (κ1) is 10.6. The molecule has 1 N–H and O–H groups in total. The van der Waals surface area contributed by atoms with Crippen LogP contribution in [0, 0.1) is 0 Å². The minimum Gasteiger partial charge on any atom is -0.481 e. The van der Waals surface area contributed by atoms with E-state index in [4.69, 9.17) is 5.11 Å². The second-order valence-corrected chi connectivity index (χ2v) is 3.57. The molecule has 0 aliphatic rings. The molecule has 0 aromatic carbocycles. The molecule has 0 unspecified atom stereocenters. The van der Waals surface area contributed by atoms with Crippen molar-refractivity contribution in [1.82, 2.24) is 4.57 Å². The highest BCUT2D eigenvalue weighted by molar-refractivity contribution is 7.07. The number of nitrogens with zero attached hydrogens (tertiary/aromatic N) is 2. The van der Waals surface area contributed by atoms with Crippen LogP contribution in [0.25, 0.3) is 0 Å². The van der Waals surface area contributed by atoms with Crippen LogP contribution in [-0.2, 0) is 16.6 Å². The number of carbonyl (C=O) groups is 2. The van der Waals surface area contributed by atoms with Crippen LogP contribution in [-0.4, -0.2) is 21.6 Å². The van der Waals surface area contributed by atoms with Gasteiger partial charge in [-0.05, 0) is 0 Å². The second-order valence-electron chi connectivity index (χ2n) is 2.70. The van der Waals surface area contributed by atoms with Crippen LogP contribution in [0.15, 0.2) is 16.6 Å². The molecule has 6 heteroatoms. The lowest BCUT2D eigenvalue weighted by Gasteiger charge is -1.91. The number of carboxylic acids is 1. The van der Waals surface area contributed by atoms with E-state index in [-0.39, 0.29) is 12.8 Å². The fourth-order valence-electron chi connectivity index (χ4n) is 0.811. The summed E-state index contributed by atoms with van der Waals surface area (Å²) in [6.45, 7) is 0. The van der Waals surface area contributed by atoms with Gasteiger partial charge in [-0.25, -0.2) is 0 Å². The molecule has 0 saturated carbocycles. The molecule has 0 aliphatic heterocycles. The van der Waals surface area contributed by atoms with Crippen molar-refractivity contribution in [2.75, 3.05) is 0 Å². The molecule has 0 radical (unpaired) electrons. The number of aromatic nitrogens is 1. The van der Waals surface area contributed by atoms with Gasteiger partial charge in [0.05, 0.1) is 6.42 Å². The first-order valence-electron chi connectivity index (χ1n) is 3.99. The molecule has 0 saturated heterocycles. The SMILES string of the molecule is Cn1ccsc1=NC(=O)CCC(=O)O. The van der Waals surface area contributed by atoms with Crippen molar-refractivity contribution >= 4 is 23.2 Å². The van der Waals surface area contributed by atoms with Gasteiger partial charge in [0, 0.05) is 25.0 Å². The van der Waals surface area contributed by atoms with E-state index >= 15 is 0 Å². The number of aliphatic carboxylic acids is 1. The minimum atomic E-state index is -0.982. The predicted molar refractivity (Wildman–Crippen MR) is 50.7 cm³/mol. The lowest BCUT2D eigenvalue weighted by Crippen LogP contribution is -2.13. The number of carboxylic acid groups (broad SMARTS) is 1. The van der Waals surface area contributed by atoms with Crippen LogP contribution in [0.5, 0.6) is 0 Å². The maximum absolute atomic E-state index is 11.1. The summed E-state index contributed by atoms with van der Waals surface area (Å²) in [4.78, 5) is 25.7. The Kier molecular flexibility index (Phi) is 3.58. The summed E-state index contributed by atoms with van der Waals surface area (Å²) in [5.74, 6) is -1.38. The number of aryl methyl sites for hydroxylation is 1. The van der Waals surface area contributed by atoms with Crippen molar-refractivity contribution < 1.29 is 14.7 Å². The smallest absolute Gasteiger partial charge is 0.303 e. The van der Waals surface area contributed by atoms with Crippen LogP contribution in [0.1, 0.15) is 12.8 Å². The highest BCUT2D eigenvalue weighted by Gasteiger charge is 2.03. The van der Waals surface area contributed by atoms with Crippen molar-refractivity contribution in [2.45, 2.75) is 12.8 Å². The lowest BCUT2D eigenvalue weighted by atomic mass is 10.3. The lowest BCUT2D eigenvalue weighted by molar-refractivity contribution is -0.138. The van der Waals surface area contributed by atoms with E-state index in [0.717, 1.165) is 0 Å². The Hall–Kier alpha value is -1.43. The molecular weight excluding hydrogens is 204 g/mol.